The van der Waals surface area contributed by atoms with Crippen LogP contribution in [0.2, 0.25) is 0 Å². The third-order valence-electron chi connectivity index (χ3n) is 4.84. The highest BCUT2D eigenvalue weighted by Crippen LogP contribution is 2.25. The van der Waals surface area contributed by atoms with E-state index < -0.39 is 0 Å². The van der Waals surface area contributed by atoms with Crippen LogP contribution in [0.15, 0.2) is 12.3 Å². The molecule has 0 N–H and O–H groups in total. The van der Waals surface area contributed by atoms with Crippen molar-refractivity contribution in [3.8, 4) is 0 Å². The molecule has 1 fully saturated rings. The summed E-state index contributed by atoms with van der Waals surface area (Å²) in [7, 11) is 0. The highest BCUT2D eigenvalue weighted by molar-refractivity contribution is 5.98. The summed E-state index contributed by atoms with van der Waals surface area (Å²) < 4.78 is 1.91. The van der Waals surface area contributed by atoms with Crippen LogP contribution < -0.4 is 0 Å². The van der Waals surface area contributed by atoms with E-state index in [1.165, 1.54) is 6.42 Å². The first-order chi connectivity index (χ1) is 11.0. The number of aryl methyl sites for hydroxylation is 1. The van der Waals surface area contributed by atoms with E-state index >= 15 is 0 Å². The van der Waals surface area contributed by atoms with Gasteiger partial charge in [0.25, 0.3) is 5.91 Å². The molecule has 1 amide bonds. The van der Waals surface area contributed by atoms with E-state index in [0.29, 0.717) is 6.04 Å². The minimum absolute atomic E-state index is 0.126. The van der Waals surface area contributed by atoms with Crippen LogP contribution in [0, 0.1) is 6.92 Å². The van der Waals surface area contributed by atoms with Crippen molar-refractivity contribution in [1.82, 2.24) is 19.7 Å². The Labute approximate surface area is 137 Å². The second-order valence-corrected chi connectivity index (χ2v) is 6.77. The minimum Gasteiger partial charge on any atom is -0.336 e. The Hall–Kier alpha value is -1.91. The second-order valence-electron chi connectivity index (χ2n) is 6.77. The van der Waals surface area contributed by atoms with Gasteiger partial charge in [0.2, 0.25) is 0 Å². The zero-order valence-corrected chi connectivity index (χ0v) is 14.5. The molecule has 1 unspecified atom stereocenters. The monoisotopic (exact) mass is 314 g/mol. The van der Waals surface area contributed by atoms with Crippen molar-refractivity contribution in [3.05, 3.63) is 23.5 Å². The second kappa shape index (κ2) is 6.30. The van der Waals surface area contributed by atoms with Crippen LogP contribution in [-0.4, -0.2) is 38.2 Å². The van der Waals surface area contributed by atoms with Crippen molar-refractivity contribution in [2.24, 2.45) is 0 Å². The van der Waals surface area contributed by atoms with Crippen LogP contribution in [0.5, 0.6) is 0 Å². The fourth-order valence-corrected chi connectivity index (χ4v) is 3.51. The number of carbonyl (C=O) groups is 1. The predicted molar refractivity (Wildman–Crippen MR) is 91.6 cm³/mol. The third-order valence-corrected chi connectivity index (χ3v) is 4.84. The smallest absolute Gasteiger partial charge is 0.255 e. The van der Waals surface area contributed by atoms with Crippen LogP contribution in [-0.2, 0) is 0 Å². The molecule has 23 heavy (non-hydrogen) atoms. The molecule has 5 nitrogen and oxygen atoms in total. The summed E-state index contributed by atoms with van der Waals surface area (Å²) in [5.74, 6) is 0.126. The minimum atomic E-state index is 0.126. The number of aromatic nitrogens is 3. The third kappa shape index (κ3) is 2.84. The van der Waals surface area contributed by atoms with Crippen molar-refractivity contribution in [3.63, 3.8) is 0 Å². The standard InChI is InChI=1S/C18H26N4O/c1-5-15-8-6-7-9-21(15)18(23)16-10-14-11-19-22(12(2)3)17(14)20-13(16)4/h10-12,15H,5-9H2,1-4H3. The molecule has 3 heterocycles. The molecule has 5 heteroatoms. The van der Waals surface area contributed by atoms with Crippen LogP contribution in [0.3, 0.4) is 0 Å². The molecule has 1 saturated heterocycles. The van der Waals surface area contributed by atoms with Crippen LogP contribution >= 0.6 is 0 Å². The van der Waals surface area contributed by atoms with Gasteiger partial charge in [-0.05, 0) is 52.5 Å². The Bertz CT molecular complexity index is 719. The van der Waals surface area contributed by atoms with E-state index in [2.05, 4.69) is 30.9 Å². The molecule has 0 saturated carbocycles. The first-order valence-corrected chi connectivity index (χ1v) is 8.68. The number of nitrogens with zero attached hydrogens (tertiary/aromatic N) is 4. The number of likely N-dealkylation sites (tertiary alicyclic amines) is 1. The Morgan fingerprint density at radius 3 is 2.87 bits per heavy atom. The number of rotatable bonds is 3. The number of piperidine rings is 1. The van der Waals surface area contributed by atoms with E-state index in [4.69, 9.17) is 0 Å². The molecule has 1 aliphatic rings. The zero-order valence-electron chi connectivity index (χ0n) is 14.5. The van der Waals surface area contributed by atoms with E-state index in [1.54, 1.807) is 0 Å². The molecule has 1 aliphatic heterocycles. The number of amides is 1. The number of pyridine rings is 1. The summed E-state index contributed by atoms with van der Waals surface area (Å²) in [5.41, 5.74) is 2.38. The Balaban J connectivity index is 1.99. The maximum absolute atomic E-state index is 13.0. The fraction of sp³-hybridized carbons (Fsp3) is 0.611. The van der Waals surface area contributed by atoms with Crippen molar-refractivity contribution in [2.45, 2.75) is 65.5 Å². The van der Waals surface area contributed by atoms with Gasteiger partial charge in [-0.2, -0.15) is 5.10 Å². The lowest BCUT2D eigenvalue weighted by Gasteiger charge is -2.35. The van der Waals surface area contributed by atoms with Crippen molar-refractivity contribution < 1.29 is 4.79 Å². The molecule has 1 atom stereocenters. The molecular formula is C18H26N4O. The van der Waals surface area contributed by atoms with Gasteiger partial charge in [0.15, 0.2) is 5.65 Å². The molecule has 0 aliphatic carbocycles. The molecule has 2 aromatic heterocycles. The average molecular weight is 314 g/mol. The van der Waals surface area contributed by atoms with Gasteiger partial charge in [0.05, 0.1) is 17.5 Å². The topological polar surface area (TPSA) is 51.0 Å². The molecule has 124 valence electrons. The van der Waals surface area contributed by atoms with Crippen LogP contribution in [0.4, 0.5) is 0 Å². The molecule has 0 radical (unpaired) electrons. The SMILES string of the molecule is CCC1CCCCN1C(=O)c1cc2cnn(C(C)C)c2nc1C. The lowest BCUT2D eigenvalue weighted by Crippen LogP contribution is -2.43. The van der Waals surface area contributed by atoms with Crippen molar-refractivity contribution in [2.75, 3.05) is 6.54 Å². The quantitative estimate of drug-likeness (QED) is 0.867. The first kappa shape index (κ1) is 16.0. The van der Waals surface area contributed by atoms with Crippen LogP contribution in [0.25, 0.3) is 11.0 Å². The number of fused-ring (bicyclic) bond motifs is 1. The van der Waals surface area contributed by atoms with Gasteiger partial charge in [-0.25, -0.2) is 9.67 Å². The van der Waals surface area contributed by atoms with Gasteiger partial charge in [0.1, 0.15) is 0 Å². The van der Waals surface area contributed by atoms with Gasteiger partial charge >= 0.3 is 0 Å². The highest BCUT2D eigenvalue weighted by atomic mass is 16.2. The molecule has 0 spiro atoms. The number of carbonyl (C=O) groups excluding carboxylic acids is 1. The molecule has 0 bridgehead atoms. The molecule has 2 aromatic rings. The Morgan fingerprint density at radius 2 is 2.17 bits per heavy atom. The molecular weight excluding hydrogens is 288 g/mol. The van der Waals surface area contributed by atoms with E-state index in [0.717, 1.165) is 48.1 Å². The fourth-order valence-electron chi connectivity index (χ4n) is 3.51. The Morgan fingerprint density at radius 1 is 1.39 bits per heavy atom. The van der Waals surface area contributed by atoms with Gasteiger partial charge in [0, 0.05) is 24.0 Å². The lowest BCUT2D eigenvalue weighted by molar-refractivity contribution is 0.0607. The summed E-state index contributed by atoms with van der Waals surface area (Å²) >= 11 is 0. The van der Waals surface area contributed by atoms with E-state index in [9.17, 15) is 4.79 Å². The predicted octanol–water partition coefficient (Wildman–Crippen LogP) is 3.73. The normalized spacial score (nSPS) is 18.8. The maximum Gasteiger partial charge on any atom is 0.255 e. The van der Waals surface area contributed by atoms with Gasteiger partial charge < -0.3 is 4.90 Å². The highest BCUT2D eigenvalue weighted by Gasteiger charge is 2.27. The van der Waals surface area contributed by atoms with Crippen molar-refractivity contribution >= 4 is 16.9 Å². The Kier molecular flexibility index (Phi) is 4.37. The number of hydrogen-bond acceptors (Lipinski definition) is 3. The van der Waals surface area contributed by atoms with Gasteiger partial charge in [-0.1, -0.05) is 6.92 Å². The van der Waals surface area contributed by atoms with Gasteiger partial charge in [-0.3, -0.25) is 4.79 Å². The maximum atomic E-state index is 13.0. The van der Waals surface area contributed by atoms with Crippen molar-refractivity contribution in [1.29, 1.82) is 0 Å². The van der Waals surface area contributed by atoms with Crippen LogP contribution in [0.1, 0.15) is 68.5 Å². The summed E-state index contributed by atoms with van der Waals surface area (Å²) in [4.78, 5) is 19.8. The summed E-state index contributed by atoms with van der Waals surface area (Å²) in [6.45, 7) is 9.12. The first-order valence-electron chi connectivity index (χ1n) is 8.68. The summed E-state index contributed by atoms with van der Waals surface area (Å²) in [5, 5.41) is 5.35. The zero-order chi connectivity index (χ0) is 16.6. The average Bonchev–Trinajstić information content (AvgIpc) is 2.96. The molecule has 0 aromatic carbocycles. The van der Waals surface area contributed by atoms with E-state index in [-0.39, 0.29) is 11.9 Å². The van der Waals surface area contributed by atoms with Gasteiger partial charge in [-0.15, -0.1) is 0 Å². The largest absolute Gasteiger partial charge is 0.336 e. The van der Waals surface area contributed by atoms with E-state index in [1.807, 2.05) is 28.8 Å². The summed E-state index contributed by atoms with van der Waals surface area (Å²) in [6.07, 6.45) is 6.27. The number of hydrogen-bond donors (Lipinski definition) is 0. The summed E-state index contributed by atoms with van der Waals surface area (Å²) in [6, 6.07) is 2.59. The molecule has 3 rings (SSSR count). The lowest BCUT2D eigenvalue weighted by atomic mass is 9.98.